The zero-order valence-corrected chi connectivity index (χ0v) is 14.2. The predicted molar refractivity (Wildman–Crippen MR) is 93.2 cm³/mol. The molecule has 0 radical (unpaired) electrons. The average molecular weight is 330 g/mol. The van der Waals surface area contributed by atoms with Crippen LogP contribution >= 0.6 is 0 Å². The van der Waals surface area contributed by atoms with Crippen LogP contribution in [0.4, 0.5) is 10.1 Å². The van der Waals surface area contributed by atoms with Crippen LogP contribution in [0.15, 0.2) is 48.5 Å². The molecule has 0 aliphatic carbocycles. The molecule has 0 aliphatic heterocycles. The van der Waals surface area contributed by atoms with E-state index in [0.717, 1.165) is 5.56 Å². The molecule has 5 heteroatoms. The summed E-state index contributed by atoms with van der Waals surface area (Å²) in [6, 6.07) is 12.6. The molecular formula is C19H23FN2O2. The molecular weight excluding hydrogens is 307 g/mol. The van der Waals surface area contributed by atoms with Crippen LogP contribution < -0.4 is 15.8 Å². The first-order valence-electron chi connectivity index (χ1n) is 7.79. The summed E-state index contributed by atoms with van der Waals surface area (Å²) in [5, 5.41) is 2.80. The Morgan fingerprint density at radius 1 is 1.21 bits per heavy atom. The first-order chi connectivity index (χ1) is 11.3. The van der Waals surface area contributed by atoms with Gasteiger partial charge < -0.3 is 15.8 Å². The standard InChI is InChI=1S/C19H23FN2O2/c1-19(2,3)17(21)18(23)22-15-5-4-6-16(11-15)24-12-13-7-9-14(20)10-8-13/h4-11,17H,12,21H2,1-3H3,(H,22,23)/t17-/m1/s1. The molecule has 0 aromatic heterocycles. The largest absolute Gasteiger partial charge is 0.489 e. The van der Waals surface area contributed by atoms with E-state index in [2.05, 4.69) is 5.32 Å². The van der Waals surface area contributed by atoms with E-state index in [1.54, 1.807) is 36.4 Å². The number of rotatable bonds is 5. The fourth-order valence-corrected chi connectivity index (χ4v) is 2.02. The molecule has 2 aromatic rings. The van der Waals surface area contributed by atoms with Crippen molar-refractivity contribution >= 4 is 11.6 Å². The maximum absolute atomic E-state index is 12.9. The molecule has 2 aromatic carbocycles. The van der Waals surface area contributed by atoms with Gasteiger partial charge in [-0.3, -0.25) is 4.79 Å². The first kappa shape index (κ1) is 17.9. The van der Waals surface area contributed by atoms with Gasteiger partial charge in [-0.15, -0.1) is 0 Å². The number of amides is 1. The highest BCUT2D eigenvalue weighted by Gasteiger charge is 2.27. The van der Waals surface area contributed by atoms with Crippen molar-refractivity contribution in [3.63, 3.8) is 0 Å². The fraction of sp³-hybridized carbons (Fsp3) is 0.316. The Hall–Kier alpha value is -2.40. The zero-order chi connectivity index (χ0) is 17.7. The van der Waals surface area contributed by atoms with Crippen LogP contribution in [0.5, 0.6) is 5.75 Å². The van der Waals surface area contributed by atoms with Gasteiger partial charge in [-0.05, 0) is 35.2 Å². The lowest BCUT2D eigenvalue weighted by Gasteiger charge is -2.25. The van der Waals surface area contributed by atoms with E-state index < -0.39 is 6.04 Å². The van der Waals surface area contributed by atoms with Gasteiger partial charge in [-0.25, -0.2) is 4.39 Å². The van der Waals surface area contributed by atoms with Gasteiger partial charge in [0.15, 0.2) is 0 Å². The molecule has 1 amide bonds. The van der Waals surface area contributed by atoms with Crippen molar-refractivity contribution in [2.24, 2.45) is 11.1 Å². The number of hydrogen-bond donors (Lipinski definition) is 2. The average Bonchev–Trinajstić information content (AvgIpc) is 2.53. The second-order valence-corrected chi connectivity index (χ2v) is 6.78. The highest BCUT2D eigenvalue weighted by Crippen LogP contribution is 2.22. The Kier molecular flexibility index (Phi) is 5.57. The van der Waals surface area contributed by atoms with Crippen molar-refractivity contribution in [1.82, 2.24) is 0 Å². The molecule has 0 heterocycles. The van der Waals surface area contributed by atoms with Crippen LogP contribution in [0.25, 0.3) is 0 Å². The van der Waals surface area contributed by atoms with E-state index in [1.807, 2.05) is 20.8 Å². The fourth-order valence-electron chi connectivity index (χ4n) is 2.02. The van der Waals surface area contributed by atoms with Gasteiger partial charge in [0.2, 0.25) is 5.91 Å². The van der Waals surface area contributed by atoms with E-state index in [1.165, 1.54) is 12.1 Å². The van der Waals surface area contributed by atoms with Gasteiger partial charge in [-0.1, -0.05) is 39.0 Å². The van der Waals surface area contributed by atoms with Gasteiger partial charge in [0.25, 0.3) is 0 Å². The number of benzene rings is 2. The number of carbonyl (C=O) groups is 1. The van der Waals surface area contributed by atoms with Crippen LogP contribution in [0.2, 0.25) is 0 Å². The number of halogens is 1. The highest BCUT2D eigenvalue weighted by atomic mass is 19.1. The Morgan fingerprint density at radius 3 is 2.50 bits per heavy atom. The summed E-state index contributed by atoms with van der Waals surface area (Å²) in [7, 11) is 0. The molecule has 1 atom stereocenters. The molecule has 0 unspecified atom stereocenters. The Morgan fingerprint density at radius 2 is 1.88 bits per heavy atom. The van der Waals surface area contributed by atoms with Crippen molar-refractivity contribution in [3.05, 3.63) is 59.9 Å². The Labute approximate surface area is 141 Å². The molecule has 24 heavy (non-hydrogen) atoms. The van der Waals surface area contributed by atoms with Crippen molar-refractivity contribution in [2.75, 3.05) is 5.32 Å². The van der Waals surface area contributed by atoms with Crippen molar-refractivity contribution in [3.8, 4) is 5.75 Å². The van der Waals surface area contributed by atoms with Gasteiger partial charge >= 0.3 is 0 Å². The lowest BCUT2D eigenvalue weighted by Crippen LogP contribution is -2.45. The van der Waals surface area contributed by atoms with Crippen LogP contribution in [0.1, 0.15) is 26.3 Å². The minimum absolute atomic E-state index is 0.238. The summed E-state index contributed by atoms with van der Waals surface area (Å²) < 4.78 is 18.6. The molecule has 0 aliphatic rings. The Balaban J connectivity index is 1.98. The summed E-state index contributed by atoms with van der Waals surface area (Å²) in [4.78, 5) is 12.2. The van der Waals surface area contributed by atoms with Crippen molar-refractivity contribution in [1.29, 1.82) is 0 Å². The summed E-state index contributed by atoms with van der Waals surface area (Å²) in [6.07, 6.45) is 0. The maximum Gasteiger partial charge on any atom is 0.241 e. The number of anilines is 1. The second-order valence-electron chi connectivity index (χ2n) is 6.78. The molecule has 0 saturated carbocycles. The van der Waals surface area contributed by atoms with Crippen LogP contribution in [0.3, 0.4) is 0 Å². The van der Waals surface area contributed by atoms with E-state index in [-0.39, 0.29) is 17.1 Å². The molecule has 3 N–H and O–H groups in total. The second kappa shape index (κ2) is 7.45. The molecule has 2 rings (SSSR count). The molecule has 0 spiro atoms. The van der Waals surface area contributed by atoms with Gasteiger partial charge in [0, 0.05) is 11.8 Å². The minimum atomic E-state index is -0.610. The van der Waals surface area contributed by atoms with E-state index in [0.29, 0.717) is 18.0 Å². The van der Waals surface area contributed by atoms with Crippen LogP contribution in [0, 0.1) is 11.2 Å². The number of nitrogens with two attached hydrogens (primary N) is 1. The number of nitrogens with one attached hydrogen (secondary N) is 1. The summed E-state index contributed by atoms with van der Waals surface area (Å²) >= 11 is 0. The topological polar surface area (TPSA) is 64.4 Å². The number of carbonyl (C=O) groups excluding carboxylic acids is 1. The third kappa shape index (κ3) is 5.06. The lowest BCUT2D eigenvalue weighted by atomic mass is 9.87. The van der Waals surface area contributed by atoms with Gasteiger partial charge in [-0.2, -0.15) is 0 Å². The smallest absolute Gasteiger partial charge is 0.241 e. The number of hydrogen-bond acceptors (Lipinski definition) is 3. The Bertz CT molecular complexity index is 693. The summed E-state index contributed by atoms with van der Waals surface area (Å²) in [5.41, 5.74) is 7.12. The normalized spacial score (nSPS) is 12.5. The van der Waals surface area contributed by atoms with E-state index in [9.17, 15) is 9.18 Å². The van der Waals surface area contributed by atoms with Crippen LogP contribution in [-0.2, 0) is 11.4 Å². The van der Waals surface area contributed by atoms with E-state index in [4.69, 9.17) is 10.5 Å². The SMILES string of the molecule is CC(C)(C)[C@H](N)C(=O)Nc1cccc(OCc2ccc(F)cc2)c1. The quantitative estimate of drug-likeness (QED) is 0.878. The first-order valence-corrected chi connectivity index (χ1v) is 7.79. The molecule has 0 fully saturated rings. The maximum atomic E-state index is 12.9. The van der Waals surface area contributed by atoms with Gasteiger partial charge in [0.05, 0.1) is 6.04 Å². The monoisotopic (exact) mass is 330 g/mol. The van der Waals surface area contributed by atoms with E-state index >= 15 is 0 Å². The van der Waals surface area contributed by atoms with Gasteiger partial charge in [0.1, 0.15) is 18.2 Å². The predicted octanol–water partition coefficient (Wildman–Crippen LogP) is 3.72. The lowest BCUT2D eigenvalue weighted by molar-refractivity contribution is -0.119. The van der Waals surface area contributed by atoms with Crippen molar-refractivity contribution < 1.29 is 13.9 Å². The summed E-state index contributed by atoms with van der Waals surface area (Å²) in [5.74, 6) is 0.0956. The molecule has 128 valence electrons. The molecule has 0 saturated heterocycles. The number of ether oxygens (including phenoxy) is 1. The molecule has 4 nitrogen and oxygen atoms in total. The third-order valence-electron chi connectivity index (χ3n) is 3.64. The molecule has 0 bridgehead atoms. The van der Waals surface area contributed by atoms with Crippen LogP contribution in [-0.4, -0.2) is 11.9 Å². The summed E-state index contributed by atoms with van der Waals surface area (Å²) in [6.45, 7) is 6.07. The minimum Gasteiger partial charge on any atom is -0.489 e. The van der Waals surface area contributed by atoms with Crippen molar-refractivity contribution in [2.45, 2.75) is 33.4 Å². The highest BCUT2D eigenvalue weighted by molar-refractivity contribution is 5.95. The third-order valence-corrected chi connectivity index (χ3v) is 3.64. The zero-order valence-electron chi connectivity index (χ0n) is 14.2.